The first kappa shape index (κ1) is 44.1. The number of rotatable bonds is 19. The van der Waals surface area contributed by atoms with E-state index in [0.717, 1.165) is 21.5 Å². The number of nitrogens with two attached hydrogens (primary N) is 2. The van der Waals surface area contributed by atoms with Crippen molar-refractivity contribution in [2.45, 2.75) is 102 Å². The van der Waals surface area contributed by atoms with E-state index in [9.17, 15) is 43.8 Å². The number of aromatic amines is 2. The lowest BCUT2D eigenvalue weighted by molar-refractivity contribution is -0.139. The lowest BCUT2D eigenvalue weighted by Crippen LogP contribution is -2.63. The Bertz CT molecular complexity index is 2000. The zero-order valence-electron chi connectivity index (χ0n) is 32.4. The number of hydrogen-bond donors (Lipinski definition) is 10. The number of aliphatic hydroxyl groups excluding tert-OH is 1. The van der Waals surface area contributed by atoms with Gasteiger partial charge in [-0.2, -0.15) is 0 Å². The number of fused-ring (bicyclic) bond motifs is 1. The van der Waals surface area contributed by atoms with Gasteiger partial charge in [-0.05, 0) is 50.3 Å². The minimum absolute atomic E-state index is 0.00458. The quantitative estimate of drug-likeness (QED) is 0.0669. The second kappa shape index (κ2) is 20.0. The van der Waals surface area contributed by atoms with Gasteiger partial charge in [0.25, 0.3) is 5.56 Å². The molecule has 3 heterocycles. The number of para-hydroxylation sites is 1. The highest BCUT2D eigenvalue weighted by Crippen LogP contribution is 2.27. The number of ether oxygens (including phenoxy) is 1. The molecule has 4 rings (SSSR count). The number of carboxylic acid groups (broad SMARTS) is 1. The first-order chi connectivity index (χ1) is 27.0. The van der Waals surface area contributed by atoms with Crippen molar-refractivity contribution < 1.29 is 38.9 Å². The van der Waals surface area contributed by atoms with E-state index < -0.39 is 89.6 Å². The molecule has 1 aliphatic heterocycles. The molecule has 0 bridgehead atoms. The van der Waals surface area contributed by atoms with Crippen LogP contribution >= 0.6 is 0 Å². The van der Waals surface area contributed by atoms with Crippen LogP contribution < -0.4 is 44.0 Å². The fourth-order valence-corrected chi connectivity index (χ4v) is 6.65. The Morgan fingerprint density at radius 3 is 2.40 bits per heavy atom. The SMILES string of the molecule is CC(C)C[C@H](NC(=O)N[C@@H](Cc1c[nH]c2ccccc12)C(=O)O)C(=O)N[C@H](C(=O)NC[C@H]1C[C@@H](O)[C@H](n2ccc(=O)[nH]c2=O)O1)[C@H](C)N(C)C(=O)[C@@H](N)CCCN. The van der Waals surface area contributed by atoms with Crippen molar-refractivity contribution in [3.63, 3.8) is 0 Å². The van der Waals surface area contributed by atoms with Crippen molar-refractivity contribution in [2.24, 2.45) is 17.4 Å². The maximum absolute atomic E-state index is 14.0. The summed E-state index contributed by atoms with van der Waals surface area (Å²) in [4.78, 5) is 97.0. The molecule has 57 heavy (non-hydrogen) atoms. The third-order valence-corrected chi connectivity index (χ3v) is 9.88. The Labute approximate surface area is 328 Å². The number of hydrogen-bond acceptors (Lipinski definition) is 11. The van der Waals surface area contributed by atoms with Crippen LogP contribution in [0, 0.1) is 5.92 Å². The van der Waals surface area contributed by atoms with Gasteiger partial charge in [-0.3, -0.25) is 28.7 Å². The molecule has 1 fully saturated rings. The molecule has 1 aliphatic rings. The molecule has 8 atom stereocenters. The number of carboxylic acids is 1. The standard InChI is InChI=1S/C37H54N10O10/c1-19(2)14-26(42-36(55)43-27(35(53)54)15-21-17-40-25-10-6-5-8-23(21)25)31(50)45-30(20(3)46(4)33(52)24(39)9-7-12-38)32(51)41-18-22-16-28(48)34(57-22)47-13-11-29(49)44-37(47)56/h5-6,8,10-11,13,17,19-20,22,24,26-28,30,34,40,48H,7,9,12,14-16,18,38-39H2,1-4H3,(H,41,51)(H,45,50)(H,53,54)(H2,42,43,55)(H,44,49,56)/t20-,22+,24-,26-,27-,28+,30-,34+/m0/s1. The van der Waals surface area contributed by atoms with Gasteiger partial charge in [0.1, 0.15) is 24.2 Å². The Balaban J connectivity index is 1.50. The van der Waals surface area contributed by atoms with Crippen molar-refractivity contribution >= 4 is 40.6 Å². The lowest BCUT2D eigenvalue weighted by atomic mass is 10.0. The molecule has 20 heteroatoms. The van der Waals surface area contributed by atoms with Gasteiger partial charge in [-0.1, -0.05) is 32.0 Å². The number of carbonyl (C=O) groups is 5. The number of amides is 5. The topological polar surface area (TPSA) is 309 Å². The molecule has 20 nitrogen and oxygen atoms in total. The van der Waals surface area contributed by atoms with E-state index in [-0.39, 0.29) is 38.1 Å². The van der Waals surface area contributed by atoms with Crippen LogP contribution in [0.2, 0.25) is 0 Å². The number of nitrogens with zero attached hydrogens (tertiary/aromatic N) is 2. The van der Waals surface area contributed by atoms with Crippen LogP contribution in [-0.2, 0) is 30.3 Å². The Hall–Kier alpha value is -5.57. The number of aliphatic hydroxyl groups is 1. The van der Waals surface area contributed by atoms with Gasteiger partial charge in [0, 0.05) is 55.8 Å². The summed E-state index contributed by atoms with van der Waals surface area (Å²) in [5.41, 5.74) is 11.8. The molecular weight excluding hydrogens is 744 g/mol. The van der Waals surface area contributed by atoms with Gasteiger partial charge in [-0.15, -0.1) is 0 Å². The van der Waals surface area contributed by atoms with E-state index in [0.29, 0.717) is 18.5 Å². The molecule has 0 aliphatic carbocycles. The number of urea groups is 1. The predicted molar refractivity (Wildman–Crippen MR) is 208 cm³/mol. The first-order valence-corrected chi connectivity index (χ1v) is 18.8. The third-order valence-electron chi connectivity index (χ3n) is 9.88. The van der Waals surface area contributed by atoms with Crippen LogP contribution in [-0.4, -0.2) is 122 Å². The fraction of sp³-hybridized carbons (Fsp3) is 0.541. The zero-order valence-corrected chi connectivity index (χ0v) is 32.4. The minimum atomic E-state index is -1.41. The molecule has 12 N–H and O–H groups in total. The summed E-state index contributed by atoms with van der Waals surface area (Å²) >= 11 is 0. The number of H-pyrrole nitrogens is 2. The molecule has 312 valence electrons. The van der Waals surface area contributed by atoms with Crippen LogP contribution in [0.15, 0.2) is 52.3 Å². The number of nitrogens with one attached hydrogen (secondary N) is 6. The van der Waals surface area contributed by atoms with Crippen LogP contribution in [0.4, 0.5) is 4.79 Å². The highest BCUT2D eigenvalue weighted by atomic mass is 16.5. The molecule has 0 unspecified atom stereocenters. The van der Waals surface area contributed by atoms with Gasteiger partial charge in [0.15, 0.2) is 6.23 Å². The Kier molecular flexibility index (Phi) is 15.5. The fourth-order valence-electron chi connectivity index (χ4n) is 6.65. The van der Waals surface area contributed by atoms with E-state index >= 15 is 0 Å². The molecule has 0 spiro atoms. The zero-order chi connectivity index (χ0) is 42.0. The predicted octanol–water partition coefficient (Wildman–Crippen LogP) is -1.41. The largest absolute Gasteiger partial charge is 0.480 e. The van der Waals surface area contributed by atoms with Crippen molar-refractivity contribution in [3.05, 3.63) is 69.1 Å². The summed E-state index contributed by atoms with van der Waals surface area (Å²) in [6, 6.07) is 1.54. The molecular formula is C37H54N10O10. The smallest absolute Gasteiger partial charge is 0.330 e. The van der Waals surface area contributed by atoms with Crippen molar-refractivity contribution in [1.29, 1.82) is 0 Å². The van der Waals surface area contributed by atoms with Gasteiger partial charge in [-0.25, -0.2) is 14.4 Å². The Morgan fingerprint density at radius 1 is 1.04 bits per heavy atom. The summed E-state index contributed by atoms with van der Waals surface area (Å²) in [5.74, 6) is -3.48. The van der Waals surface area contributed by atoms with Gasteiger partial charge in [0.05, 0.1) is 18.2 Å². The summed E-state index contributed by atoms with van der Waals surface area (Å²) in [6.45, 7) is 5.28. The number of carbonyl (C=O) groups excluding carboxylic acids is 4. The van der Waals surface area contributed by atoms with E-state index in [1.807, 2.05) is 38.1 Å². The summed E-state index contributed by atoms with van der Waals surface area (Å²) in [5, 5.41) is 31.8. The molecule has 3 aromatic rings. The molecule has 1 aromatic carbocycles. The van der Waals surface area contributed by atoms with Crippen molar-refractivity contribution in [3.8, 4) is 0 Å². The number of aromatic nitrogens is 3. The maximum Gasteiger partial charge on any atom is 0.330 e. The summed E-state index contributed by atoms with van der Waals surface area (Å²) < 4.78 is 6.85. The van der Waals surface area contributed by atoms with Crippen LogP contribution in [0.3, 0.4) is 0 Å². The highest BCUT2D eigenvalue weighted by Gasteiger charge is 2.39. The number of likely N-dealkylation sites (N-methyl/N-ethyl adjacent to an activating group) is 1. The van der Waals surface area contributed by atoms with E-state index in [4.69, 9.17) is 16.2 Å². The monoisotopic (exact) mass is 798 g/mol. The van der Waals surface area contributed by atoms with Crippen LogP contribution in [0.25, 0.3) is 10.9 Å². The van der Waals surface area contributed by atoms with Crippen LogP contribution in [0.5, 0.6) is 0 Å². The normalized spacial score (nSPS) is 19.3. The second-order valence-electron chi connectivity index (χ2n) is 14.7. The van der Waals surface area contributed by atoms with E-state index in [1.54, 1.807) is 6.20 Å². The summed E-state index contributed by atoms with van der Waals surface area (Å²) in [6.07, 6.45) is 0.546. The average Bonchev–Trinajstić information content (AvgIpc) is 3.75. The average molecular weight is 799 g/mol. The minimum Gasteiger partial charge on any atom is -0.480 e. The number of aliphatic carboxylic acids is 1. The van der Waals surface area contributed by atoms with E-state index in [2.05, 4.69) is 31.2 Å². The molecule has 2 aromatic heterocycles. The van der Waals surface area contributed by atoms with Crippen molar-refractivity contribution in [1.82, 2.24) is 40.7 Å². The number of benzene rings is 1. The maximum atomic E-state index is 14.0. The van der Waals surface area contributed by atoms with Crippen molar-refractivity contribution in [2.75, 3.05) is 20.1 Å². The second-order valence-corrected chi connectivity index (χ2v) is 14.7. The molecule has 0 radical (unpaired) electrons. The van der Waals surface area contributed by atoms with E-state index in [1.165, 1.54) is 25.1 Å². The molecule has 0 saturated carbocycles. The Morgan fingerprint density at radius 2 is 1.74 bits per heavy atom. The lowest BCUT2D eigenvalue weighted by Gasteiger charge is -2.34. The van der Waals surface area contributed by atoms with Gasteiger partial charge >= 0.3 is 17.7 Å². The van der Waals surface area contributed by atoms with Gasteiger partial charge < -0.3 is 57.6 Å². The summed E-state index contributed by atoms with van der Waals surface area (Å²) in [7, 11) is 1.43. The highest BCUT2D eigenvalue weighted by molar-refractivity contribution is 5.93. The first-order valence-electron chi connectivity index (χ1n) is 18.8. The van der Waals surface area contributed by atoms with Crippen LogP contribution in [0.1, 0.15) is 58.2 Å². The van der Waals surface area contributed by atoms with Gasteiger partial charge in [0.2, 0.25) is 17.7 Å². The molecule has 1 saturated heterocycles. The molecule has 5 amide bonds. The third kappa shape index (κ3) is 11.7.